The molecule has 0 spiro atoms. The first-order valence-electron chi connectivity index (χ1n) is 5.54. The van der Waals surface area contributed by atoms with Gasteiger partial charge in [0, 0.05) is 19.3 Å². The minimum absolute atomic E-state index is 0.247. The van der Waals surface area contributed by atoms with Crippen LogP contribution in [0.5, 0.6) is 0 Å². The van der Waals surface area contributed by atoms with E-state index in [1.165, 1.54) is 19.3 Å². The zero-order valence-corrected chi connectivity index (χ0v) is 11.2. The molecule has 0 fully saturated rings. The van der Waals surface area contributed by atoms with Crippen LogP contribution >= 0.6 is 0 Å². The predicted molar refractivity (Wildman–Crippen MR) is 71.0 cm³/mol. The van der Waals surface area contributed by atoms with Crippen molar-refractivity contribution in [3.8, 4) is 0 Å². The Morgan fingerprint density at radius 2 is 1.90 bits per heavy atom. The molecule has 8 heteroatoms. The summed E-state index contributed by atoms with van der Waals surface area (Å²) in [5.74, 6) is -1.63. The lowest BCUT2D eigenvalue weighted by Crippen LogP contribution is -2.17. The zero-order chi connectivity index (χ0) is 14.8. The summed E-state index contributed by atoms with van der Waals surface area (Å²) in [5.41, 5.74) is -0.227. The third-order valence-electron chi connectivity index (χ3n) is 2.47. The van der Waals surface area contributed by atoms with E-state index in [1.807, 2.05) is 4.72 Å². The van der Waals surface area contributed by atoms with Gasteiger partial charge in [-0.1, -0.05) is 0 Å². The Kier molecular flexibility index (Phi) is 3.84. The number of nitrogens with zero attached hydrogens (tertiary/aromatic N) is 1. The first-order chi connectivity index (χ1) is 9.44. The van der Waals surface area contributed by atoms with E-state index in [1.54, 1.807) is 6.07 Å². The standard InChI is InChI=1S/C12H11F2N3O2S/c1-15-10-3-2-6-16-12(10)20(18,19)17-11-7-8(13)4-5-9(11)14/h2-7,15,17H,1H3. The highest BCUT2D eigenvalue weighted by Gasteiger charge is 2.21. The van der Waals surface area contributed by atoms with E-state index in [0.29, 0.717) is 0 Å². The maximum atomic E-state index is 13.5. The summed E-state index contributed by atoms with van der Waals surface area (Å²) in [7, 11) is -2.60. The van der Waals surface area contributed by atoms with Crippen LogP contribution in [-0.2, 0) is 10.0 Å². The van der Waals surface area contributed by atoms with E-state index >= 15 is 0 Å². The lowest BCUT2D eigenvalue weighted by molar-refractivity contribution is 0.592. The molecular weight excluding hydrogens is 288 g/mol. The van der Waals surface area contributed by atoms with Gasteiger partial charge in [0.1, 0.15) is 11.6 Å². The number of benzene rings is 1. The summed E-state index contributed by atoms with van der Waals surface area (Å²) in [6.45, 7) is 0. The molecule has 0 bridgehead atoms. The molecule has 0 radical (unpaired) electrons. The van der Waals surface area contributed by atoms with Crippen LogP contribution in [0, 0.1) is 11.6 Å². The highest BCUT2D eigenvalue weighted by atomic mass is 32.2. The van der Waals surface area contributed by atoms with Gasteiger partial charge >= 0.3 is 0 Å². The van der Waals surface area contributed by atoms with Gasteiger partial charge in [-0.05, 0) is 24.3 Å². The van der Waals surface area contributed by atoms with Gasteiger partial charge in [-0.2, -0.15) is 8.42 Å². The van der Waals surface area contributed by atoms with Gasteiger partial charge in [0.15, 0.2) is 5.03 Å². The Labute approximate surface area is 114 Å². The molecule has 1 aromatic heterocycles. The molecule has 0 aliphatic carbocycles. The molecule has 2 N–H and O–H groups in total. The van der Waals surface area contributed by atoms with Gasteiger partial charge in [-0.3, -0.25) is 4.72 Å². The SMILES string of the molecule is CNc1cccnc1S(=O)(=O)Nc1cc(F)ccc1F. The predicted octanol–water partition coefficient (Wildman–Crippen LogP) is 2.20. The lowest BCUT2D eigenvalue weighted by Gasteiger charge is -2.11. The zero-order valence-electron chi connectivity index (χ0n) is 10.4. The van der Waals surface area contributed by atoms with Crippen molar-refractivity contribution in [3.63, 3.8) is 0 Å². The second-order valence-electron chi connectivity index (χ2n) is 3.84. The molecule has 106 valence electrons. The molecule has 0 amide bonds. The van der Waals surface area contributed by atoms with Crippen LogP contribution in [0.3, 0.4) is 0 Å². The normalized spacial score (nSPS) is 11.2. The van der Waals surface area contributed by atoms with E-state index in [4.69, 9.17) is 0 Å². The van der Waals surface area contributed by atoms with Crippen LogP contribution in [0.1, 0.15) is 0 Å². The number of pyridine rings is 1. The highest BCUT2D eigenvalue weighted by Crippen LogP contribution is 2.23. The summed E-state index contributed by atoms with van der Waals surface area (Å²) in [4.78, 5) is 3.74. The summed E-state index contributed by atoms with van der Waals surface area (Å²) >= 11 is 0. The maximum Gasteiger partial charge on any atom is 0.281 e. The summed E-state index contributed by atoms with van der Waals surface area (Å²) in [5, 5.41) is 2.36. The monoisotopic (exact) mass is 299 g/mol. The van der Waals surface area contributed by atoms with Crippen molar-refractivity contribution in [1.82, 2.24) is 4.98 Å². The number of hydrogen-bond donors (Lipinski definition) is 2. The second-order valence-corrected chi connectivity index (χ2v) is 5.43. The smallest absolute Gasteiger partial charge is 0.281 e. The fourth-order valence-corrected chi connectivity index (χ4v) is 2.77. The van der Waals surface area contributed by atoms with Gasteiger partial charge in [-0.15, -0.1) is 0 Å². The van der Waals surface area contributed by atoms with Crippen molar-refractivity contribution >= 4 is 21.4 Å². The largest absolute Gasteiger partial charge is 0.386 e. The van der Waals surface area contributed by atoms with E-state index in [2.05, 4.69) is 10.3 Å². The molecule has 1 aromatic carbocycles. The summed E-state index contributed by atoms with van der Waals surface area (Å²) in [6.07, 6.45) is 1.29. The number of nitrogens with one attached hydrogen (secondary N) is 2. The van der Waals surface area contributed by atoms with Gasteiger partial charge in [0.2, 0.25) is 0 Å². The van der Waals surface area contributed by atoms with E-state index in [9.17, 15) is 17.2 Å². The van der Waals surface area contributed by atoms with Crippen molar-refractivity contribution in [1.29, 1.82) is 0 Å². The molecule has 0 atom stereocenters. The highest BCUT2D eigenvalue weighted by molar-refractivity contribution is 7.92. The molecule has 5 nitrogen and oxygen atoms in total. The maximum absolute atomic E-state index is 13.5. The second kappa shape index (κ2) is 5.41. The Morgan fingerprint density at radius 3 is 2.60 bits per heavy atom. The van der Waals surface area contributed by atoms with Crippen LogP contribution in [0.15, 0.2) is 41.6 Å². The number of hydrogen-bond acceptors (Lipinski definition) is 4. The average Bonchev–Trinajstić information content (AvgIpc) is 2.42. The van der Waals surface area contributed by atoms with Gasteiger partial charge in [0.25, 0.3) is 10.0 Å². The van der Waals surface area contributed by atoms with Crippen LogP contribution in [0.4, 0.5) is 20.2 Å². The molecule has 0 aliphatic heterocycles. The number of anilines is 2. The molecule has 20 heavy (non-hydrogen) atoms. The van der Waals surface area contributed by atoms with Gasteiger partial charge in [0.05, 0.1) is 11.4 Å². The minimum atomic E-state index is -4.13. The van der Waals surface area contributed by atoms with Crippen LogP contribution in [0.25, 0.3) is 0 Å². The molecule has 1 heterocycles. The lowest BCUT2D eigenvalue weighted by atomic mass is 10.3. The fraction of sp³-hybridized carbons (Fsp3) is 0.0833. The van der Waals surface area contributed by atoms with Gasteiger partial charge in [-0.25, -0.2) is 13.8 Å². The number of aromatic nitrogens is 1. The van der Waals surface area contributed by atoms with E-state index < -0.39 is 27.3 Å². The first-order valence-corrected chi connectivity index (χ1v) is 7.03. The van der Waals surface area contributed by atoms with Crippen molar-refractivity contribution in [2.24, 2.45) is 0 Å². The molecule has 2 aromatic rings. The number of sulfonamides is 1. The number of halogens is 2. The quantitative estimate of drug-likeness (QED) is 0.908. The van der Waals surface area contributed by atoms with Crippen molar-refractivity contribution in [2.75, 3.05) is 17.1 Å². The third-order valence-corrected chi connectivity index (χ3v) is 3.79. The van der Waals surface area contributed by atoms with E-state index in [0.717, 1.165) is 18.2 Å². The van der Waals surface area contributed by atoms with Crippen LogP contribution in [0.2, 0.25) is 0 Å². The van der Waals surface area contributed by atoms with Crippen molar-refractivity contribution in [3.05, 3.63) is 48.2 Å². The molecule has 0 saturated heterocycles. The molecule has 0 unspecified atom stereocenters. The summed E-state index contributed by atoms with van der Waals surface area (Å²) < 4.78 is 52.8. The Bertz CT molecular complexity index is 735. The van der Waals surface area contributed by atoms with Crippen molar-refractivity contribution in [2.45, 2.75) is 5.03 Å². The molecule has 2 rings (SSSR count). The third kappa shape index (κ3) is 2.85. The van der Waals surface area contributed by atoms with Crippen LogP contribution < -0.4 is 10.0 Å². The molecular formula is C12H11F2N3O2S. The van der Waals surface area contributed by atoms with Crippen LogP contribution in [-0.4, -0.2) is 20.4 Å². The van der Waals surface area contributed by atoms with Gasteiger partial charge < -0.3 is 5.32 Å². The number of rotatable bonds is 4. The minimum Gasteiger partial charge on any atom is -0.386 e. The molecule has 0 saturated carbocycles. The Morgan fingerprint density at radius 1 is 1.15 bits per heavy atom. The first kappa shape index (κ1) is 14.2. The topological polar surface area (TPSA) is 71.1 Å². The molecule has 0 aliphatic rings. The summed E-state index contributed by atoms with van der Waals surface area (Å²) in [6, 6.07) is 5.55. The van der Waals surface area contributed by atoms with E-state index in [-0.39, 0.29) is 10.7 Å². The van der Waals surface area contributed by atoms with Crippen molar-refractivity contribution < 1.29 is 17.2 Å². The fourth-order valence-electron chi connectivity index (χ4n) is 1.56. The Balaban J connectivity index is 2.43. The Hall–Kier alpha value is -2.22. The average molecular weight is 299 g/mol.